The fraction of sp³-hybridized carbons (Fsp3) is 0.692. The van der Waals surface area contributed by atoms with Gasteiger partial charge in [-0.1, -0.05) is 0 Å². The number of nitrogen functional groups attached to an aromatic ring is 1. The minimum atomic E-state index is 0.370. The van der Waals surface area contributed by atoms with E-state index in [1.165, 1.54) is 0 Å². The maximum absolute atomic E-state index is 5.54. The van der Waals surface area contributed by atoms with Crippen LogP contribution in [0.1, 0.15) is 32.5 Å². The molecule has 0 bridgehead atoms. The summed E-state index contributed by atoms with van der Waals surface area (Å²) < 4.78 is 10.9. The highest BCUT2D eigenvalue weighted by Gasteiger charge is 2.29. The molecule has 1 fully saturated rings. The van der Waals surface area contributed by atoms with E-state index in [9.17, 15) is 0 Å². The van der Waals surface area contributed by atoms with Crippen molar-refractivity contribution in [2.75, 3.05) is 24.0 Å². The zero-order valence-corrected chi connectivity index (χ0v) is 12.1. The highest BCUT2D eigenvalue weighted by atomic mass is 16.5. The Hall–Kier alpha value is -1.44. The molecule has 1 aromatic heterocycles. The maximum Gasteiger partial charge on any atom is 0.158 e. The fourth-order valence-corrected chi connectivity index (χ4v) is 2.17. The molecule has 0 aromatic carbocycles. The molecule has 7 nitrogen and oxygen atoms in total. The standard InChI is InChI=1S/C13H23N5O2/c1-3-19-8-13-16-11(7-12(17-13)18-14)15-9-5-10(6-9)20-4-2/h7,9-10H,3-6,8,14H2,1-2H3,(H2,15,16,17,18). The number of hydrogen-bond acceptors (Lipinski definition) is 7. The van der Waals surface area contributed by atoms with E-state index in [-0.39, 0.29) is 0 Å². The Morgan fingerprint density at radius 3 is 2.65 bits per heavy atom. The van der Waals surface area contributed by atoms with Crippen LogP contribution >= 0.6 is 0 Å². The second-order valence-electron chi connectivity index (χ2n) is 4.73. The Kier molecular flexibility index (Phi) is 5.51. The summed E-state index contributed by atoms with van der Waals surface area (Å²) in [6, 6.07) is 2.19. The van der Waals surface area contributed by atoms with Crippen molar-refractivity contribution in [3.8, 4) is 0 Å². The zero-order valence-electron chi connectivity index (χ0n) is 12.1. The van der Waals surface area contributed by atoms with Crippen molar-refractivity contribution in [1.82, 2.24) is 9.97 Å². The number of ether oxygens (including phenoxy) is 2. The molecular formula is C13H23N5O2. The van der Waals surface area contributed by atoms with E-state index in [0.29, 0.717) is 37.0 Å². The molecule has 1 aliphatic rings. The Morgan fingerprint density at radius 2 is 2.00 bits per heavy atom. The van der Waals surface area contributed by atoms with Gasteiger partial charge in [0.25, 0.3) is 0 Å². The quantitative estimate of drug-likeness (QED) is 0.488. The third-order valence-electron chi connectivity index (χ3n) is 3.20. The fourth-order valence-electron chi connectivity index (χ4n) is 2.17. The van der Waals surface area contributed by atoms with Crippen LogP contribution in [0.4, 0.5) is 11.6 Å². The maximum atomic E-state index is 5.54. The average molecular weight is 281 g/mol. The highest BCUT2D eigenvalue weighted by molar-refractivity contribution is 5.47. The van der Waals surface area contributed by atoms with Gasteiger partial charge in [0.15, 0.2) is 5.82 Å². The van der Waals surface area contributed by atoms with E-state index in [0.717, 1.165) is 25.3 Å². The number of hydrazine groups is 1. The number of nitrogens with one attached hydrogen (secondary N) is 2. The lowest BCUT2D eigenvalue weighted by Crippen LogP contribution is -2.41. The van der Waals surface area contributed by atoms with Crippen molar-refractivity contribution in [3.05, 3.63) is 11.9 Å². The van der Waals surface area contributed by atoms with Gasteiger partial charge in [-0.2, -0.15) is 0 Å². The van der Waals surface area contributed by atoms with Gasteiger partial charge in [0.2, 0.25) is 0 Å². The van der Waals surface area contributed by atoms with Crippen molar-refractivity contribution >= 4 is 11.6 Å². The molecule has 112 valence electrons. The monoisotopic (exact) mass is 281 g/mol. The first-order valence-corrected chi connectivity index (χ1v) is 7.05. The Morgan fingerprint density at radius 1 is 1.25 bits per heavy atom. The summed E-state index contributed by atoms with van der Waals surface area (Å²) in [6.45, 7) is 5.74. The lowest BCUT2D eigenvalue weighted by Gasteiger charge is -2.35. The summed E-state index contributed by atoms with van der Waals surface area (Å²) in [7, 11) is 0. The van der Waals surface area contributed by atoms with E-state index in [1.54, 1.807) is 6.07 Å². The van der Waals surface area contributed by atoms with Crippen LogP contribution in [0.15, 0.2) is 6.07 Å². The van der Waals surface area contributed by atoms with E-state index >= 15 is 0 Å². The molecule has 7 heteroatoms. The summed E-state index contributed by atoms with van der Waals surface area (Å²) in [5.74, 6) is 7.39. The Bertz CT molecular complexity index is 423. The first kappa shape index (κ1) is 15.0. The number of rotatable bonds is 8. The Balaban J connectivity index is 1.93. The molecule has 4 N–H and O–H groups in total. The predicted octanol–water partition coefficient (Wildman–Crippen LogP) is 1.28. The zero-order chi connectivity index (χ0) is 14.4. The lowest BCUT2D eigenvalue weighted by molar-refractivity contribution is 0.00291. The molecule has 0 saturated heterocycles. The molecule has 1 aromatic rings. The van der Waals surface area contributed by atoms with Gasteiger partial charge in [-0.3, -0.25) is 0 Å². The molecule has 0 aliphatic heterocycles. The molecule has 0 spiro atoms. The van der Waals surface area contributed by atoms with Crippen molar-refractivity contribution in [1.29, 1.82) is 0 Å². The molecular weight excluding hydrogens is 258 g/mol. The summed E-state index contributed by atoms with van der Waals surface area (Å²) in [5.41, 5.74) is 2.55. The van der Waals surface area contributed by atoms with Gasteiger partial charge in [0, 0.05) is 25.3 Å². The van der Waals surface area contributed by atoms with Crippen LogP contribution in [0.3, 0.4) is 0 Å². The van der Waals surface area contributed by atoms with E-state index in [2.05, 4.69) is 20.7 Å². The smallest absolute Gasteiger partial charge is 0.158 e. The summed E-state index contributed by atoms with van der Waals surface area (Å²) in [4.78, 5) is 8.68. The molecule has 0 radical (unpaired) electrons. The topological polar surface area (TPSA) is 94.3 Å². The first-order chi connectivity index (χ1) is 9.75. The van der Waals surface area contributed by atoms with E-state index in [4.69, 9.17) is 15.3 Å². The van der Waals surface area contributed by atoms with Crippen molar-refractivity contribution in [2.24, 2.45) is 5.84 Å². The third-order valence-corrected chi connectivity index (χ3v) is 3.20. The SMILES string of the molecule is CCOCc1nc(NN)cc(NC2CC(OCC)C2)n1. The van der Waals surface area contributed by atoms with E-state index in [1.807, 2.05) is 13.8 Å². The van der Waals surface area contributed by atoms with Crippen LogP contribution in [-0.2, 0) is 16.1 Å². The highest BCUT2D eigenvalue weighted by Crippen LogP contribution is 2.26. The van der Waals surface area contributed by atoms with Gasteiger partial charge in [-0.05, 0) is 26.7 Å². The predicted molar refractivity (Wildman–Crippen MR) is 77.2 cm³/mol. The Labute approximate surface area is 119 Å². The van der Waals surface area contributed by atoms with Crippen LogP contribution in [0.5, 0.6) is 0 Å². The second-order valence-corrected chi connectivity index (χ2v) is 4.73. The van der Waals surface area contributed by atoms with Gasteiger partial charge in [-0.25, -0.2) is 15.8 Å². The minimum absolute atomic E-state index is 0.370. The molecule has 1 saturated carbocycles. The molecule has 0 atom stereocenters. The minimum Gasteiger partial charge on any atom is -0.378 e. The molecule has 20 heavy (non-hydrogen) atoms. The van der Waals surface area contributed by atoms with Gasteiger partial charge in [0.1, 0.15) is 18.2 Å². The summed E-state index contributed by atoms with van der Waals surface area (Å²) >= 11 is 0. The lowest BCUT2D eigenvalue weighted by atomic mass is 9.89. The van der Waals surface area contributed by atoms with Crippen LogP contribution in [0.25, 0.3) is 0 Å². The largest absolute Gasteiger partial charge is 0.378 e. The number of aromatic nitrogens is 2. The van der Waals surface area contributed by atoms with Crippen LogP contribution in [0, 0.1) is 0 Å². The molecule has 0 unspecified atom stereocenters. The van der Waals surface area contributed by atoms with Gasteiger partial charge < -0.3 is 20.2 Å². The third kappa shape index (κ3) is 4.03. The normalized spacial score (nSPS) is 21.4. The second kappa shape index (κ2) is 7.37. The van der Waals surface area contributed by atoms with Gasteiger partial charge in [-0.15, -0.1) is 0 Å². The molecule has 0 amide bonds. The van der Waals surface area contributed by atoms with Crippen LogP contribution in [-0.4, -0.2) is 35.3 Å². The molecule has 1 heterocycles. The average Bonchev–Trinajstić information content (AvgIpc) is 2.42. The number of hydrogen-bond donors (Lipinski definition) is 3. The molecule has 2 rings (SSSR count). The van der Waals surface area contributed by atoms with Crippen molar-refractivity contribution in [3.63, 3.8) is 0 Å². The number of nitrogens with two attached hydrogens (primary N) is 1. The first-order valence-electron chi connectivity index (χ1n) is 7.05. The summed E-state index contributed by atoms with van der Waals surface area (Å²) in [5, 5.41) is 3.38. The van der Waals surface area contributed by atoms with Crippen LogP contribution in [0.2, 0.25) is 0 Å². The molecule has 1 aliphatic carbocycles. The van der Waals surface area contributed by atoms with Crippen molar-refractivity contribution in [2.45, 2.75) is 45.4 Å². The van der Waals surface area contributed by atoms with Crippen LogP contribution < -0.4 is 16.6 Å². The van der Waals surface area contributed by atoms with Gasteiger partial charge >= 0.3 is 0 Å². The number of anilines is 2. The van der Waals surface area contributed by atoms with Crippen molar-refractivity contribution < 1.29 is 9.47 Å². The van der Waals surface area contributed by atoms with Gasteiger partial charge in [0.05, 0.1) is 6.10 Å². The van der Waals surface area contributed by atoms with E-state index < -0.39 is 0 Å². The summed E-state index contributed by atoms with van der Waals surface area (Å²) in [6.07, 6.45) is 2.38. The number of nitrogens with zero attached hydrogens (tertiary/aromatic N) is 2.